The zero-order valence-corrected chi connectivity index (χ0v) is 13.0. The maximum Gasteiger partial charge on any atom is 0.320 e. The molecule has 2 aromatic rings. The fourth-order valence-electron chi connectivity index (χ4n) is 2.42. The summed E-state index contributed by atoms with van der Waals surface area (Å²) in [7, 11) is 0. The smallest absolute Gasteiger partial charge is 0.320 e. The Morgan fingerprint density at radius 3 is 2.73 bits per heavy atom. The molecule has 0 bridgehead atoms. The van der Waals surface area contributed by atoms with Crippen molar-refractivity contribution in [1.82, 2.24) is 9.88 Å². The van der Waals surface area contributed by atoms with Gasteiger partial charge in [0, 0.05) is 23.2 Å². The van der Waals surface area contributed by atoms with E-state index in [1.807, 2.05) is 17.0 Å². The maximum absolute atomic E-state index is 11.2. The fourth-order valence-corrected chi connectivity index (χ4v) is 2.55. The van der Waals surface area contributed by atoms with Gasteiger partial charge < -0.3 is 9.52 Å². The molecule has 0 radical (unpaired) electrons. The number of oxazole rings is 1. The number of aromatic nitrogens is 1. The second-order valence-electron chi connectivity index (χ2n) is 5.57. The molecule has 0 saturated heterocycles. The molecule has 116 valence electrons. The Hall–Kier alpha value is -1.85. The summed E-state index contributed by atoms with van der Waals surface area (Å²) in [6.07, 6.45) is 3.67. The van der Waals surface area contributed by atoms with Gasteiger partial charge >= 0.3 is 5.97 Å². The first-order chi connectivity index (χ1) is 10.5. The van der Waals surface area contributed by atoms with E-state index in [4.69, 9.17) is 16.0 Å². The van der Waals surface area contributed by atoms with Gasteiger partial charge in [-0.1, -0.05) is 11.6 Å². The van der Waals surface area contributed by atoms with Crippen LogP contribution in [0.2, 0.25) is 5.02 Å². The number of halogens is 1. The highest BCUT2D eigenvalue weighted by Gasteiger charge is 2.35. The van der Waals surface area contributed by atoms with Gasteiger partial charge in [0.1, 0.15) is 12.3 Å². The summed E-state index contributed by atoms with van der Waals surface area (Å²) in [4.78, 5) is 17.6. The minimum Gasteiger partial charge on any atom is -0.480 e. The van der Waals surface area contributed by atoms with Gasteiger partial charge in [-0.3, -0.25) is 9.69 Å². The van der Waals surface area contributed by atoms with E-state index in [2.05, 4.69) is 4.98 Å². The number of carboxylic acid groups (broad SMARTS) is 1. The summed E-state index contributed by atoms with van der Waals surface area (Å²) in [6.45, 7) is 2.19. The summed E-state index contributed by atoms with van der Waals surface area (Å²) in [5.41, 5.74) is 1.59. The van der Waals surface area contributed by atoms with E-state index in [9.17, 15) is 9.90 Å². The lowest BCUT2D eigenvalue weighted by atomic mass is 10.2. The van der Waals surface area contributed by atoms with E-state index in [-0.39, 0.29) is 0 Å². The summed E-state index contributed by atoms with van der Waals surface area (Å²) in [6, 6.07) is 7.06. The van der Waals surface area contributed by atoms with Crippen molar-refractivity contribution in [3.8, 4) is 11.5 Å². The minimum atomic E-state index is -0.812. The van der Waals surface area contributed by atoms with E-state index in [0.29, 0.717) is 23.5 Å². The lowest BCUT2D eigenvalue weighted by Gasteiger charge is -2.24. The molecule has 22 heavy (non-hydrogen) atoms. The second-order valence-corrected chi connectivity index (χ2v) is 6.01. The van der Waals surface area contributed by atoms with Crippen LogP contribution >= 0.6 is 11.6 Å². The quantitative estimate of drug-likeness (QED) is 0.883. The van der Waals surface area contributed by atoms with Gasteiger partial charge in [0.15, 0.2) is 0 Å². The Morgan fingerprint density at radius 1 is 1.45 bits per heavy atom. The molecule has 1 saturated carbocycles. The SMILES string of the molecule is CC(C(=O)O)N(Cc1coc(-c2ccc(Cl)cc2)n1)C1CC1. The molecule has 0 amide bonds. The highest BCUT2D eigenvalue weighted by atomic mass is 35.5. The summed E-state index contributed by atoms with van der Waals surface area (Å²) in [5.74, 6) is -0.293. The van der Waals surface area contributed by atoms with Crippen LogP contribution in [0, 0.1) is 0 Å². The van der Waals surface area contributed by atoms with E-state index in [0.717, 1.165) is 24.1 Å². The second kappa shape index (κ2) is 6.10. The molecule has 1 aromatic heterocycles. The van der Waals surface area contributed by atoms with E-state index in [1.54, 1.807) is 25.3 Å². The summed E-state index contributed by atoms with van der Waals surface area (Å²) < 4.78 is 5.50. The van der Waals surface area contributed by atoms with Crippen LogP contribution in [0.5, 0.6) is 0 Å². The molecule has 1 aliphatic carbocycles. The van der Waals surface area contributed by atoms with Gasteiger partial charge in [0.05, 0.1) is 5.69 Å². The van der Waals surface area contributed by atoms with Gasteiger partial charge in [0.2, 0.25) is 5.89 Å². The molecular weight excluding hydrogens is 304 g/mol. The van der Waals surface area contributed by atoms with Crippen LogP contribution < -0.4 is 0 Å². The molecule has 1 aromatic carbocycles. The van der Waals surface area contributed by atoms with Crippen molar-refractivity contribution >= 4 is 17.6 Å². The first-order valence-electron chi connectivity index (χ1n) is 7.23. The van der Waals surface area contributed by atoms with Crippen LogP contribution in [0.25, 0.3) is 11.5 Å². The van der Waals surface area contributed by atoms with Crippen LogP contribution in [0.1, 0.15) is 25.5 Å². The first kappa shape index (κ1) is 15.1. The minimum absolute atomic E-state index is 0.335. The Balaban J connectivity index is 1.75. The molecule has 3 rings (SSSR count). The van der Waals surface area contributed by atoms with Gasteiger partial charge in [-0.05, 0) is 44.0 Å². The average molecular weight is 321 g/mol. The van der Waals surface area contributed by atoms with Crippen molar-refractivity contribution in [3.05, 3.63) is 41.2 Å². The number of rotatable bonds is 6. The van der Waals surface area contributed by atoms with Gasteiger partial charge in [-0.15, -0.1) is 0 Å². The monoisotopic (exact) mass is 320 g/mol. The zero-order chi connectivity index (χ0) is 15.7. The third-order valence-electron chi connectivity index (χ3n) is 3.86. The Kier molecular flexibility index (Phi) is 4.18. The lowest BCUT2D eigenvalue weighted by Crippen LogP contribution is -2.40. The third kappa shape index (κ3) is 3.31. The van der Waals surface area contributed by atoms with Crippen LogP contribution in [0.3, 0.4) is 0 Å². The topological polar surface area (TPSA) is 66.6 Å². The Morgan fingerprint density at radius 2 is 2.14 bits per heavy atom. The van der Waals surface area contributed by atoms with E-state index < -0.39 is 12.0 Å². The highest BCUT2D eigenvalue weighted by molar-refractivity contribution is 6.30. The number of aliphatic carboxylic acids is 1. The number of nitrogens with zero attached hydrogens (tertiary/aromatic N) is 2. The van der Waals surface area contributed by atoms with E-state index in [1.165, 1.54) is 0 Å². The Bertz CT molecular complexity index is 664. The standard InChI is InChI=1S/C16H17ClN2O3/c1-10(16(20)21)19(14-6-7-14)8-13-9-22-15(18-13)11-2-4-12(17)5-3-11/h2-5,9-10,14H,6-8H2,1H3,(H,20,21). The van der Waals surface area contributed by atoms with E-state index >= 15 is 0 Å². The molecule has 5 nitrogen and oxygen atoms in total. The molecule has 1 atom stereocenters. The molecule has 1 aliphatic rings. The highest BCUT2D eigenvalue weighted by Crippen LogP contribution is 2.30. The van der Waals surface area contributed by atoms with Crippen molar-refractivity contribution in [1.29, 1.82) is 0 Å². The van der Waals surface area contributed by atoms with Crippen LogP contribution in [-0.4, -0.2) is 33.0 Å². The molecule has 0 aliphatic heterocycles. The number of hydrogen-bond acceptors (Lipinski definition) is 4. The molecule has 1 unspecified atom stereocenters. The zero-order valence-electron chi connectivity index (χ0n) is 12.2. The number of benzene rings is 1. The van der Waals surface area contributed by atoms with Gasteiger partial charge in [-0.25, -0.2) is 4.98 Å². The maximum atomic E-state index is 11.2. The molecule has 1 N–H and O–H groups in total. The largest absolute Gasteiger partial charge is 0.480 e. The normalized spacial score (nSPS) is 16.0. The number of carboxylic acids is 1. The van der Waals surface area contributed by atoms with Crippen LogP contribution in [-0.2, 0) is 11.3 Å². The van der Waals surface area contributed by atoms with Crippen molar-refractivity contribution in [2.75, 3.05) is 0 Å². The van der Waals surface area contributed by atoms with Crippen molar-refractivity contribution in [3.63, 3.8) is 0 Å². The molecule has 1 heterocycles. The predicted octanol–water partition coefficient (Wildman–Crippen LogP) is 3.43. The number of carbonyl (C=O) groups is 1. The Labute approximate surface area is 133 Å². The van der Waals surface area contributed by atoms with Crippen molar-refractivity contribution in [2.45, 2.75) is 38.4 Å². The van der Waals surface area contributed by atoms with Crippen molar-refractivity contribution < 1.29 is 14.3 Å². The van der Waals surface area contributed by atoms with Crippen molar-refractivity contribution in [2.24, 2.45) is 0 Å². The summed E-state index contributed by atoms with van der Waals surface area (Å²) >= 11 is 5.87. The number of hydrogen-bond donors (Lipinski definition) is 1. The molecule has 0 spiro atoms. The average Bonchev–Trinajstić information content (AvgIpc) is 3.24. The van der Waals surface area contributed by atoms with Gasteiger partial charge in [-0.2, -0.15) is 0 Å². The fraction of sp³-hybridized carbons (Fsp3) is 0.375. The first-order valence-corrected chi connectivity index (χ1v) is 7.61. The van der Waals surface area contributed by atoms with Gasteiger partial charge in [0.25, 0.3) is 0 Å². The lowest BCUT2D eigenvalue weighted by molar-refractivity contribution is -0.143. The van der Waals surface area contributed by atoms with Crippen LogP contribution in [0.15, 0.2) is 34.9 Å². The van der Waals surface area contributed by atoms with Crippen LogP contribution in [0.4, 0.5) is 0 Å². The molecular formula is C16H17ClN2O3. The third-order valence-corrected chi connectivity index (χ3v) is 4.11. The predicted molar refractivity (Wildman–Crippen MR) is 82.6 cm³/mol. The molecule has 1 fully saturated rings. The molecule has 6 heteroatoms. The summed E-state index contributed by atoms with van der Waals surface area (Å²) in [5, 5.41) is 9.88.